The number of aromatic amines is 1. The third-order valence-corrected chi connectivity index (χ3v) is 11.3. The quantitative estimate of drug-likeness (QED) is 0.0417. The number of carboxylic acid groups (broad SMARTS) is 3. The van der Waals surface area contributed by atoms with E-state index in [1.54, 1.807) is 36.8 Å². The van der Waals surface area contributed by atoms with Crippen molar-refractivity contribution >= 4 is 98.2 Å². The van der Waals surface area contributed by atoms with Crippen molar-refractivity contribution in [2.24, 2.45) is 5.73 Å². The molecule has 2 aromatic carbocycles. The molecule has 1 aromatic heterocycles. The molecule has 26 heteroatoms. The monoisotopic (exact) mass is 981 g/mol. The van der Waals surface area contributed by atoms with Crippen molar-refractivity contribution in [3.05, 3.63) is 65.9 Å². The second-order valence-electron chi connectivity index (χ2n) is 14.5. The summed E-state index contributed by atoms with van der Waals surface area (Å²) in [6, 6.07) is 4.24. The van der Waals surface area contributed by atoms with E-state index in [9.17, 15) is 66.9 Å². The molecular weight excluding hydrogens is 931 g/mol. The van der Waals surface area contributed by atoms with Crippen molar-refractivity contribution < 1.29 is 75.6 Å². The highest BCUT2D eigenvalue weighted by Gasteiger charge is 2.38. The van der Waals surface area contributed by atoms with Gasteiger partial charge >= 0.3 is 28.3 Å². The lowest BCUT2D eigenvalue weighted by Crippen LogP contribution is -2.60. The summed E-state index contributed by atoms with van der Waals surface area (Å²) < 4.78 is 35.3. The zero-order valence-electron chi connectivity index (χ0n) is 35.6. The van der Waals surface area contributed by atoms with Gasteiger partial charge in [-0.05, 0) is 72.6 Å². The van der Waals surface area contributed by atoms with Crippen molar-refractivity contribution in [1.82, 2.24) is 31.2 Å². The minimum Gasteiger partial charge on any atom is -0.481 e. The molecule has 6 amide bonds. The molecule has 3 aromatic rings. The summed E-state index contributed by atoms with van der Waals surface area (Å²) in [5, 5.41) is 38.2. The fourth-order valence-corrected chi connectivity index (χ4v) is 7.65. The van der Waals surface area contributed by atoms with Gasteiger partial charge in [-0.3, -0.25) is 47.8 Å². The number of nitrogens with zero attached hydrogens (tertiary/aromatic N) is 1. The SMILES string of the molecule is CSCC[C@H](NC(=O)[C@@H](N)Cc1ccc(OS(=O)(=O)O)cc1)C(=O)NCC(=O)N(C(=O)CCC(=O)O)[C@@H](Cc1c[nH]c2ccccc12)C(=O)N[C@@H](CCSC)C(=O)N[C@@H](CC(=O)O)C(=O)O. The maximum atomic E-state index is 14.5. The highest BCUT2D eigenvalue weighted by molar-refractivity contribution is 7.98. The van der Waals surface area contributed by atoms with Crippen LogP contribution in [0.4, 0.5) is 0 Å². The van der Waals surface area contributed by atoms with Crippen LogP contribution in [0.15, 0.2) is 54.7 Å². The zero-order valence-corrected chi connectivity index (χ0v) is 38.0. The molecule has 66 heavy (non-hydrogen) atoms. The number of hydrogen-bond acceptors (Lipinski definition) is 15. The molecule has 0 saturated heterocycles. The van der Waals surface area contributed by atoms with Crippen molar-refractivity contribution in [3.63, 3.8) is 0 Å². The summed E-state index contributed by atoms with van der Waals surface area (Å²) in [6.45, 7) is -0.961. The van der Waals surface area contributed by atoms with E-state index in [1.807, 2.05) is 0 Å². The Hall–Kier alpha value is -6.22. The number of hydrogen-bond donors (Lipinski definition) is 10. The fraction of sp³-hybridized carbons (Fsp3) is 0.425. The minimum atomic E-state index is -4.78. The van der Waals surface area contributed by atoms with Crippen LogP contribution < -0.4 is 31.2 Å². The Morgan fingerprint density at radius 3 is 1.91 bits per heavy atom. The van der Waals surface area contributed by atoms with Crippen molar-refractivity contribution in [1.29, 1.82) is 0 Å². The van der Waals surface area contributed by atoms with Crippen molar-refractivity contribution in [3.8, 4) is 5.75 Å². The van der Waals surface area contributed by atoms with Crippen LogP contribution in [-0.4, -0.2) is 152 Å². The number of nitrogens with one attached hydrogen (secondary N) is 5. The van der Waals surface area contributed by atoms with Crippen LogP contribution in [0.5, 0.6) is 5.75 Å². The predicted octanol–water partition coefficient (Wildman–Crippen LogP) is -0.313. The molecular formula is C40H51N7O16S3. The standard InChI is InChI=1S/C40H51N7O16S3/c1-64-15-13-28(44-36(54)26(41)17-22-7-9-24(10-8-22)63-66(60,61)62)37(55)43-21-33(49)47(32(48)11-12-34(50)51)31(18-23-20-42-27-6-4-3-5-25(23)27)39(57)45-29(14-16-65-2)38(56)46-30(40(58)59)19-35(52)53/h3-10,20,26,28-31,42H,11-19,21,41H2,1-2H3,(H,43,55)(H,44,54)(H,45,57)(H,46,56)(H,50,51)(H,52,53)(H,58,59)(H,60,61,62)/t26-,28-,29-,30-,31-/m0/s1. The number of carbonyl (C=O) groups is 9. The Bertz CT molecular complexity index is 2350. The average molecular weight is 982 g/mol. The molecule has 23 nitrogen and oxygen atoms in total. The van der Waals surface area contributed by atoms with E-state index in [1.165, 1.54) is 54.0 Å². The Balaban J connectivity index is 1.95. The lowest BCUT2D eigenvalue weighted by Gasteiger charge is -2.31. The zero-order chi connectivity index (χ0) is 49.1. The number of thioether (sulfide) groups is 2. The molecule has 0 radical (unpaired) electrons. The summed E-state index contributed by atoms with van der Waals surface area (Å²) in [6.07, 6.45) is 1.75. The van der Waals surface area contributed by atoms with E-state index in [0.29, 0.717) is 32.7 Å². The van der Waals surface area contributed by atoms with Gasteiger partial charge < -0.3 is 51.5 Å². The van der Waals surface area contributed by atoms with Gasteiger partial charge in [-0.15, -0.1) is 0 Å². The topological polar surface area (TPSA) is 371 Å². The number of para-hydroxylation sites is 1. The Labute approximate surface area is 386 Å². The van der Waals surface area contributed by atoms with E-state index in [0.717, 1.165) is 0 Å². The van der Waals surface area contributed by atoms with Gasteiger partial charge in [0.25, 0.3) is 0 Å². The maximum Gasteiger partial charge on any atom is 0.446 e. The highest BCUT2D eigenvalue weighted by atomic mass is 32.3. The van der Waals surface area contributed by atoms with Crippen LogP contribution in [0.1, 0.15) is 43.2 Å². The number of carboxylic acids is 3. The predicted molar refractivity (Wildman–Crippen MR) is 239 cm³/mol. The molecule has 0 aliphatic rings. The van der Waals surface area contributed by atoms with Crippen molar-refractivity contribution in [2.75, 3.05) is 30.6 Å². The van der Waals surface area contributed by atoms with Gasteiger partial charge in [-0.25, -0.2) is 4.79 Å². The molecule has 360 valence electrons. The van der Waals surface area contributed by atoms with E-state index in [-0.39, 0.29) is 30.8 Å². The molecule has 0 aliphatic carbocycles. The number of carbonyl (C=O) groups excluding carboxylic acids is 6. The normalized spacial score (nSPS) is 13.5. The summed E-state index contributed by atoms with van der Waals surface area (Å²) >= 11 is 2.57. The first kappa shape index (κ1) is 54.1. The molecule has 3 rings (SSSR count). The molecule has 5 atom stereocenters. The summed E-state index contributed by atoms with van der Waals surface area (Å²) in [5.41, 5.74) is 7.58. The largest absolute Gasteiger partial charge is 0.481 e. The van der Waals surface area contributed by atoms with Gasteiger partial charge in [-0.2, -0.15) is 31.9 Å². The number of amides is 6. The molecule has 0 bridgehead atoms. The van der Waals surface area contributed by atoms with Crippen LogP contribution in [0.25, 0.3) is 10.9 Å². The van der Waals surface area contributed by atoms with Gasteiger partial charge in [0.1, 0.15) is 29.9 Å². The first-order chi connectivity index (χ1) is 31.1. The maximum absolute atomic E-state index is 14.5. The molecule has 0 fully saturated rings. The number of imide groups is 1. The molecule has 0 saturated carbocycles. The van der Waals surface area contributed by atoms with Crippen LogP contribution in [0.2, 0.25) is 0 Å². The molecule has 0 aliphatic heterocycles. The van der Waals surface area contributed by atoms with Gasteiger partial charge in [0, 0.05) is 29.9 Å². The van der Waals surface area contributed by atoms with E-state index >= 15 is 0 Å². The smallest absolute Gasteiger partial charge is 0.446 e. The number of fused-ring (bicyclic) bond motifs is 1. The third-order valence-electron chi connectivity index (χ3n) is 9.60. The number of benzene rings is 2. The van der Waals surface area contributed by atoms with E-state index < -0.39 is 126 Å². The first-order valence-electron chi connectivity index (χ1n) is 19.9. The second-order valence-corrected chi connectivity index (χ2v) is 17.5. The second kappa shape index (κ2) is 26.1. The number of nitrogens with two attached hydrogens (primary N) is 1. The number of H-pyrrole nitrogens is 1. The number of rotatable bonds is 28. The van der Waals surface area contributed by atoms with Crippen LogP contribution in [0, 0.1) is 0 Å². The van der Waals surface area contributed by atoms with Crippen LogP contribution in [0.3, 0.4) is 0 Å². The van der Waals surface area contributed by atoms with Gasteiger partial charge in [-0.1, -0.05) is 30.3 Å². The summed E-state index contributed by atoms with van der Waals surface area (Å²) in [4.78, 5) is 121. The third kappa shape index (κ3) is 17.6. The Kier molecular flexibility index (Phi) is 21.4. The van der Waals surface area contributed by atoms with E-state index in [4.69, 9.17) is 10.3 Å². The van der Waals surface area contributed by atoms with Crippen molar-refractivity contribution in [2.45, 2.75) is 75.2 Å². The van der Waals surface area contributed by atoms with E-state index in [2.05, 4.69) is 30.4 Å². The first-order valence-corrected chi connectivity index (χ1v) is 24.0. The molecule has 11 N–H and O–H groups in total. The van der Waals surface area contributed by atoms with Gasteiger partial charge in [0.15, 0.2) is 0 Å². The van der Waals surface area contributed by atoms with Crippen LogP contribution >= 0.6 is 23.5 Å². The van der Waals surface area contributed by atoms with Gasteiger partial charge in [0.05, 0.1) is 25.4 Å². The highest BCUT2D eigenvalue weighted by Crippen LogP contribution is 2.22. The number of aromatic nitrogens is 1. The molecule has 0 spiro atoms. The van der Waals surface area contributed by atoms with Gasteiger partial charge in [0.2, 0.25) is 35.4 Å². The minimum absolute atomic E-state index is 0.0306. The lowest BCUT2D eigenvalue weighted by atomic mass is 10.0. The summed E-state index contributed by atoms with van der Waals surface area (Å²) in [7, 11) is -4.78. The Morgan fingerprint density at radius 1 is 0.742 bits per heavy atom. The summed E-state index contributed by atoms with van der Waals surface area (Å²) in [5.74, 6) is -10.5. The molecule has 0 unspecified atom stereocenters. The van der Waals surface area contributed by atoms with Crippen LogP contribution in [-0.2, 0) is 66.4 Å². The molecule has 1 heterocycles. The average Bonchev–Trinajstić information content (AvgIpc) is 3.66. The number of aliphatic carboxylic acids is 3. The lowest BCUT2D eigenvalue weighted by molar-refractivity contribution is -0.153. The fourth-order valence-electron chi connectivity index (χ4n) is 6.35. The Morgan fingerprint density at radius 2 is 1.33 bits per heavy atom.